The van der Waals surface area contributed by atoms with Crippen LogP contribution in [0.25, 0.3) is 0 Å². The molecule has 1 aliphatic rings. The highest BCUT2D eigenvalue weighted by molar-refractivity contribution is 7.90. The van der Waals surface area contributed by atoms with Gasteiger partial charge in [0, 0.05) is 18.9 Å². The van der Waals surface area contributed by atoms with Crippen LogP contribution in [0, 0.1) is 21.7 Å². The molecule has 0 aromatic heterocycles. The zero-order chi connectivity index (χ0) is 19.8. The fourth-order valence-corrected chi connectivity index (χ4v) is 3.61. The van der Waals surface area contributed by atoms with E-state index >= 15 is 0 Å². The largest absolute Gasteiger partial charge is 0.374 e. The molecule has 144 valence electrons. The van der Waals surface area contributed by atoms with Crippen molar-refractivity contribution in [1.29, 1.82) is 0 Å². The summed E-state index contributed by atoms with van der Waals surface area (Å²) in [6.07, 6.45) is 0.812. The highest BCUT2D eigenvalue weighted by Gasteiger charge is 2.32. The predicted molar refractivity (Wildman–Crippen MR) is 93.3 cm³/mol. The second kappa shape index (κ2) is 7.20. The topological polar surface area (TPSA) is 98.5 Å². The van der Waals surface area contributed by atoms with E-state index in [-0.39, 0.29) is 10.6 Å². The van der Waals surface area contributed by atoms with Crippen LogP contribution in [0.15, 0.2) is 41.3 Å². The van der Waals surface area contributed by atoms with E-state index in [4.69, 9.17) is 4.74 Å². The summed E-state index contributed by atoms with van der Waals surface area (Å²) in [5.41, 5.74) is 0.128. The van der Waals surface area contributed by atoms with Crippen LogP contribution in [-0.2, 0) is 14.6 Å². The van der Waals surface area contributed by atoms with Crippen LogP contribution in [0.5, 0.6) is 0 Å². The van der Waals surface area contributed by atoms with Gasteiger partial charge in [-0.1, -0.05) is 6.07 Å². The Morgan fingerprint density at radius 1 is 1.19 bits per heavy atom. The average molecular weight is 398 g/mol. The van der Waals surface area contributed by atoms with Gasteiger partial charge in [-0.25, -0.2) is 17.2 Å². The number of anilines is 1. The average Bonchev–Trinajstić information content (AvgIpc) is 3.04. The molecule has 10 heteroatoms. The molecule has 0 bridgehead atoms. The van der Waals surface area contributed by atoms with Crippen molar-refractivity contribution in [3.8, 4) is 0 Å². The van der Waals surface area contributed by atoms with E-state index in [1.807, 2.05) is 0 Å². The Bertz CT molecular complexity index is 997. The van der Waals surface area contributed by atoms with Gasteiger partial charge in [0.1, 0.15) is 11.8 Å². The van der Waals surface area contributed by atoms with Crippen molar-refractivity contribution in [3.63, 3.8) is 0 Å². The van der Waals surface area contributed by atoms with Crippen molar-refractivity contribution in [2.24, 2.45) is 0 Å². The molecule has 7 nitrogen and oxygen atoms in total. The number of hydrogen-bond acceptors (Lipinski definition) is 6. The maximum atomic E-state index is 13.5. The van der Waals surface area contributed by atoms with Gasteiger partial charge >= 0.3 is 0 Å². The molecule has 2 unspecified atom stereocenters. The van der Waals surface area contributed by atoms with Crippen molar-refractivity contribution in [2.45, 2.75) is 23.5 Å². The van der Waals surface area contributed by atoms with Crippen LogP contribution < -0.4 is 5.32 Å². The van der Waals surface area contributed by atoms with Gasteiger partial charge in [0.05, 0.1) is 15.9 Å². The Kier molecular flexibility index (Phi) is 5.11. The second-order valence-electron chi connectivity index (χ2n) is 6.21. The fourth-order valence-electron chi connectivity index (χ4n) is 2.97. The van der Waals surface area contributed by atoms with E-state index in [0.29, 0.717) is 18.6 Å². The van der Waals surface area contributed by atoms with Gasteiger partial charge in [-0.15, -0.1) is 0 Å². The third-order valence-electron chi connectivity index (χ3n) is 4.30. The van der Waals surface area contributed by atoms with Gasteiger partial charge in [0.2, 0.25) is 0 Å². The lowest BCUT2D eigenvalue weighted by Crippen LogP contribution is -2.24. The zero-order valence-corrected chi connectivity index (χ0v) is 15.0. The summed E-state index contributed by atoms with van der Waals surface area (Å²) in [6, 6.07) is 6.55. The van der Waals surface area contributed by atoms with Crippen LogP contribution in [-0.4, -0.2) is 32.2 Å². The number of nitrogens with zero attached hydrogens (tertiary/aromatic N) is 1. The molecule has 0 radical (unpaired) electrons. The number of nitro benzene ring substituents is 1. The highest BCUT2D eigenvalue weighted by atomic mass is 32.2. The predicted octanol–water partition coefficient (Wildman–Crippen LogP) is 3.22. The molecule has 0 amide bonds. The van der Waals surface area contributed by atoms with Crippen molar-refractivity contribution in [2.75, 3.05) is 18.2 Å². The van der Waals surface area contributed by atoms with Crippen LogP contribution in [0.3, 0.4) is 0 Å². The van der Waals surface area contributed by atoms with Gasteiger partial charge in [0.25, 0.3) is 5.69 Å². The first kappa shape index (κ1) is 19.2. The summed E-state index contributed by atoms with van der Waals surface area (Å²) in [4.78, 5) is 10.5. The normalized spacial score (nSPS) is 19.8. The second-order valence-corrected chi connectivity index (χ2v) is 8.23. The van der Waals surface area contributed by atoms with Gasteiger partial charge < -0.3 is 10.1 Å². The number of benzene rings is 2. The number of nitrogens with one attached hydrogen (secondary N) is 1. The van der Waals surface area contributed by atoms with Gasteiger partial charge in [-0.2, -0.15) is 0 Å². The molecular weight excluding hydrogens is 382 g/mol. The molecule has 3 rings (SSSR count). The molecule has 2 aromatic rings. The van der Waals surface area contributed by atoms with Crippen LogP contribution in [0.4, 0.5) is 20.2 Å². The molecule has 2 aromatic carbocycles. The number of sulfone groups is 1. The first-order valence-corrected chi connectivity index (χ1v) is 9.87. The van der Waals surface area contributed by atoms with Crippen molar-refractivity contribution in [1.82, 2.24) is 0 Å². The molecule has 0 spiro atoms. The summed E-state index contributed by atoms with van der Waals surface area (Å²) in [7, 11) is -3.60. The third-order valence-corrected chi connectivity index (χ3v) is 5.41. The van der Waals surface area contributed by atoms with Gasteiger partial charge in [-0.05, 0) is 36.2 Å². The van der Waals surface area contributed by atoms with Crippen LogP contribution >= 0.6 is 0 Å². The van der Waals surface area contributed by atoms with Gasteiger partial charge in [0.15, 0.2) is 21.5 Å². The molecule has 1 fully saturated rings. The third kappa shape index (κ3) is 4.06. The summed E-state index contributed by atoms with van der Waals surface area (Å²) in [5.74, 6) is -1.99. The Balaban J connectivity index is 1.91. The smallest absolute Gasteiger partial charge is 0.293 e. The van der Waals surface area contributed by atoms with Crippen molar-refractivity contribution >= 4 is 21.2 Å². The van der Waals surface area contributed by atoms with E-state index in [0.717, 1.165) is 24.5 Å². The summed E-state index contributed by atoms with van der Waals surface area (Å²) >= 11 is 0. The Morgan fingerprint density at radius 3 is 2.56 bits per heavy atom. The van der Waals surface area contributed by atoms with Gasteiger partial charge in [-0.3, -0.25) is 10.1 Å². The number of hydrogen-bond donors (Lipinski definition) is 1. The molecule has 1 N–H and O–H groups in total. The SMILES string of the molecule is CS(=O)(=O)c1ccc(NC2CCOC2c2ccc(F)c(F)c2)c([N+](=O)[O-])c1. The number of halogens is 2. The number of rotatable bonds is 5. The maximum absolute atomic E-state index is 13.5. The lowest BCUT2D eigenvalue weighted by Gasteiger charge is -2.21. The number of ether oxygens (including phenoxy) is 1. The Labute approximate surface area is 154 Å². The molecule has 1 heterocycles. The monoisotopic (exact) mass is 398 g/mol. The molecule has 27 heavy (non-hydrogen) atoms. The maximum Gasteiger partial charge on any atom is 0.293 e. The van der Waals surface area contributed by atoms with Crippen LogP contribution in [0.1, 0.15) is 18.1 Å². The summed E-state index contributed by atoms with van der Waals surface area (Å²) in [6.45, 7) is 0.330. The highest BCUT2D eigenvalue weighted by Crippen LogP contribution is 2.35. The standard InChI is InChI=1S/C17H16F2N2O5S/c1-27(24,25)11-3-5-14(16(9-11)21(22)23)20-15-6-7-26-17(15)10-2-4-12(18)13(19)8-10/h2-5,8-9,15,17,20H,6-7H2,1H3. The molecule has 1 saturated heterocycles. The Hall–Kier alpha value is -2.59. The minimum absolute atomic E-state index is 0.121. The zero-order valence-electron chi connectivity index (χ0n) is 14.2. The van der Waals surface area contributed by atoms with Crippen LogP contribution in [0.2, 0.25) is 0 Å². The molecule has 1 aliphatic heterocycles. The number of nitro groups is 1. The van der Waals surface area contributed by atoms with Crippen molar-refractivity contribution in [3.05, 3.63) is 63.7 Å². The molecule has 0 aliphatic carbocycles. The Morgan fingerprint density at radius 2 is 1.93 bits per heavy atom. The van der Waals surface area contributed by atoms with Crippen molar-refractivity contribution < 1.29 is 26.9 Å². The lowest BCUT2D eigenvalue weighted by molar-refractivity contribution is -0.384. The minimum atomic E-state index is -3.60. The summed E-state index contributed by atoms with van der Waals surface area (Å²) < 4.78 is 55.5. The molecule has 2 atom stereocenters. The lowest BCUT2D eigenvalue weighted by atomic mass is 10.0. The first-order valence-electron chi connectivity index (χ1n) is 7.98. The molecular formula is C17H16F2N2O5S. The fraction of sp³-hybridized carbons (Fsp3) is 0.294. The van der Waals surface area contributed by atoms with E-state index < -0.39 is 44.2 Å². The van der Waals surface area contributed by atoms with E-state index in [2.05, 4.69) is 5.32 Å². The first-order chi connectivity index (χ1) is 12.7. The van der Waals surface area contributed by atoms with E-state index in [1.54, 1.807) is 0 Å². The quantitative estimate of drug-likeness (QED) is 0.613. The summed E-state index contributed by atoms with van der Waals surface area (Å²) in [5, 5.41) is 14.3. The molecule has 0 saturated carbocycles. The van der Waals surface area contributed by atoms with E-state index in [1.165, 1.54) is 18.2 Å². The van der Waals surface area contributed by atoms with E-state index in [9.17, 15) is 27.3 Å². The minimum Gasteiger partial charge on any atom is -0.374 e.